The first kappa shape index (κ1) is 18.2. The maximum absolute atomic E-state index is 12.8. The number of aromatic nitrogens is 3. The summed E-state index contributed by atoms with van der Waals surface area (Å²) in [7, 11) is 0. The Labute approximate surface area is 166 Å². The Morgan fingerprint density at radius 2 is 2.18 bits per heavy atom. The Balaban J connectivity index is 1.95. The molecule has 8 heteroatoms. The Kier molecular flexibility index (Phi) is 4.87. The molecule has 0 bridgehead atoms. The lowest BCUT2D eigenvalue weighted by atomic mass is 10.0. The van der Waals surface area contributed by atoms with Gasteiger partial charge in [-0.15, -0.1) is 0 Å². The molecule has 142 valence electrons. The van der Waals surface area contributed by atoms with Crippen LogP contribution in [0.25, 0.3) is 17.3 Å². The van der Waals surface area contributed by atoms with Crippen molar-refractivity contribution in [2.24, 2.45) is 0 Å². The smallest absolute Gasteiger partial charge is 0.286 e. The largest absolute Gasteiger partial charge is 0.854 e. The lowest BCUT2D eigenvalue weighted by Gasteiger charge is -2.31. The SMILES string of the molecule is CCSc1nc([O-])c2[n+](n1)C(/C=C/c1ccco1)N(C(C)=O)c1ccccc1-2. The fourth-order valence-corrected chi connectivity index (χ4v) is 3.80. The molecule has 0 saturated carbocycles. The number of amides is 1. The molecule has 2 aromatic heterocycles. The number of anilines is 1. The van der Waals surface area contributed by atoms with Crippen LogP contribution < -0.4 is 14.7 Å². The van der Waals surface area contributed by atoms with E-state index in [4.69, 9.17) is 4.42 Å². The quantitative estimate of drug-likeness (QED) is 0.500. The minimum Gasteiger partial charge on any atom is -0.854 e. The van der Waals surface area contributed by atoms with Gasteiger partial charge in [0.05, 0.1) is 23.4 Å². The van der Waals surface area contributed by atoms with Crippen molar-refractivity contribution in [3.63, 3.8) is 0 Å². The van der Waals surface area contributed by atoms with E-state index in [-0.39, 0.29) is 11.8 Å². The number of nitrogens with zero attached hydrogens (tertiary/aromatic N) is 4. The van der Waals surface area contributed by atoms with Crippen LogP contribution in [0.2, 0.25) is 0 Å². The first-order chi connectivity index (χ1) is 13.6. The molecule has 0 radical (unpaired) electrons. The number of hydrogen-bond acceptors (Lipinski definition) is 6. The number of hydrogen-bond donors (Lipinski definition) is 0. The zero-order valence-electron chi connectivity index (χ0n) is 15.4. The predicted molar refractivity (Wildman–Crippen MR) is 103 cm³/mol. The third kappa shape index (κ3) is 3.16. The second-order valence-corrected chi connectivity index (χ2v) is 7.35. The molecule has 1 aromatic carbocycles. The van der Waals surface area contributed by atoms with Gasteiger partial charge in [-0.3, -0.25) is 4.79 Å². The van der Waals surface area contributed by atoms with Crippen molar-refractivity contribution in [3.8, 4) is 17.1 Å². The highest BCUT2D eigenvalue weighted by Crippen LogP contribution is 2.39. The number of carbonyl (C=O) groups is 1. The number of rotatable bonds is 4. The molecule has 1 atom stereocenters. The van der Waals surface area contributed by atoms with E-state index in [1.807, 2.05) is 31.2 Å². The lowest BCUT2D eigenvalue weighted by molar-refractivity contribution is -0.762. The van der Waals surface area contributed by atoms with Crippen molar-refractivity contribution in [2.45, 2.75) is 25.2 Å². The molecule has 4 rings (SSSR count). The third-order valence-corrected chi connectivity index (χ3v) is 5.06. The van der Waals surface area contributed by atoms with E-state index in [2.05, 4.69) is 10.1 Å². The molecule has 3 heterocycles. The van der Waals surface area contributed by atoms with Gasteiger partial charge in [-0.1, -0.05) is 35.5 Å². The monoisotopic (exact) mass is 394 g/mol. The summed E-state index contributed by atoms with van der Waals surface area (Å²) in [5, 5.41) is 17.8. The third-order valence-electron chi connectivity index (χ3n) is 4.34. The fourth-order valence-electron chi connectivity index (χ4n) is 3.25. The molecule has 28 heavy (non-hydrogen) atoms. The number of para-hydroxylation sites is 1. The summed E-state index contributed by atoms with van der Waals surface area (Å²) >= 11 is 1.38. The predicted octanol–water partition coefficient (Wildman–Crippen LogP) is 2.79. The Morgan fingerprint density at radius 1 is 1.36 bits per heavy atom. The number of thioether (sulfide) groups is 1. The van der Waals surface area contributed by atoms with Gasteiger partial charge in [-0.25, -0.2) is 9.88 Å². The highest BCUT2D eigenvalue weighted by Gasteiger charge is 2.41. The van der Waals surface area contributed by atoms with Gasteiger partial charge < -0.3 is 9.52 Å². The van der Waals surface area contributed by atoms with Crippen LogP contribution in [0.15, 0.2) is 58.3 Å². The minimum absolute atomic E-state index is 0.157. The van der Waals surface area contributed by atoms with Crippen LogP contribution in [0.3, 0.4) is 0 Å². The summed E-state index contributed by atoms with van der Waals surface area (Å²) in [6.45, 7) is 3.46. The molecular formula is C20H18N4O3S. The number of furan rings is 1. The summed E-state index contributed by atoms with van der Waals surface area (Å²) in [6.07, 6.45) is 4.53. The summed E-state index contributed by atoms with van der Waals surface area (Å²) in [5.41, 5.74) is 1.65. The molecule has 1 aliphatic heterocycles. The van der Waals surface area contributed by atoms with Crippen molar-refractivity contribution in [1.82, 2.24) is 10.1 Å². The average Bonchev–Trinajstić information content (AvgIpc) is 3.19. The Bertz CT molecular complexity index is 1050. The van der Waals surface area contributed by atoms with Crippen LogP contribution in [0.1, 0.15) is 25.8 Å². The molecule has 0 saturated heterocycles. The van der Waals surface area contributed by atoms with Gasteiger partial charge in [-0.05, 0) is 36.1 Å². The molecular weight excluding hydrogens is 376 g/mol. The van der Waals surface area contributed by atoms with Crippen molar-refractivity contribution in [3.05, 3.63) is 54.5 Å². The Hall–Kier alpha value is -3.13. The van der Waals surface area contributed by atoms with Gasteiger partial charge in [0.1, 0.15) is 5.76 Å². The first-order valence-electron chi connectivity index (χ1n) is 8.84. The van der Waals surface area contributed by atoms with Crippen LogP contribution in [-0.4, -0.2) is 21.7 Å². The van der Waals surface area contributed by atoms with Crippen LogP contribution in [0, 0.1) is 0 Å². The van der Waals surface area contributed by atoms with E-state index >= 15 is 0 Å². The van der Waals surface area contributed by atoms with E-state index in [0.717, 1.165) is 5.75 Å². The molecule has 0 N–H and O–H groups in total. The maximum atomic E-state index is 12.8. The van der Waals surface area contributed by atoms with Gasteiger partial charge in [-0.2, -0.15) is 0 Å². The molecule has 7 nitrogen and oxygen atoms in total. The molecule has 1 unspecified atom stereocenters. The van der Waals surface area contributed by atoms with E-state index < -0.39 is 6.17 Å². The normalized spacial score (nSPS) is 15.5. The number of benzene rings is 1. The Morgan fingerprint density at radius 3 is 2.89 bits per heavy atom. The highest BCUT2D eigenvalue weighted by molar-refractivity contribution is 7.99. The average molecular weight is 394 g/mol. The van der Waals surface area contributed by atoms with E-state index in [1.165, 1.54) is 18.7 Å². The molecule has 0 spiro atoms. The van der Waals surface area contributed by atoms with Crippen molar-refractivity contribution >= 4 is 29.4 Å². The van der Waals surface area contributed by atoms with Crippen LogP contribution in [0.5, 0.6) is 5.88 Å². The molecule has 1 amide bonds. The summed E-state index contributed by atoms with van der Waals surface area (Å²) in [5.74, 6) is 0.858. The summed E-state index contributed by atoms with van der Waals surface area (Å²) in [4.78, 5) is 18.3. The topological polar surface area (TPSA) is 86.2 Å². The zero-order valence-corrected chi connectivity index (χ0v) is 16.2. The van der Waals surface area contributed by atoms with Gasteiger partial charge in [0, 0.05) is 18.1 Å². The molecule has 3 aromatic rings. The van der Waals surface area contributed by atoms with Crippen molar-refractivity contribution in [1.29, 1.82) is 0 Å². The minimum atomic E-state index is -0.612. The van der Waals surface area contributed by atoms with Crippen molar-refractivity contribution < 1.29 is 19.0 Å². The van der Waals surface area contributed by atoms with Gasteiger partial charge >= 0.3 is 0 Å². The van der Waals surface area contributed by atoms with Crippen molar-refractivity contribution in [2.75, 3.05) is 10.7 Å². The fraction of sp³-hybridized carbons (Fsp3) is 0.200. The second-order valence-electron chi connectivity index (χ2n) is 6.12. The van der Waals surface area contributed by atoms with E-state index in [0.29, 0.717) is 27.9 Å². The summed E-state index contributed by atoms with van der Waals surface area (Å²) in [6, 6.07) is 10.9. The first-order valence-corrected chi connectivity index (χ1v) is 9.83. The van der Waals surface area contributed by atoms with Crippen LogP contribution in [0.4, 0.5) is 5.69 Å². The van der Waals surface area contributed by atoms with Gasteiger partial charge in [0.25, 0.3) is 17.0 Å². The van der Waals surface area contributed by atoms with Gasteiger partial charge in [0.15, 0.2) is 0 Å². The standard InChI is InChI=1S/C20H18N4O3S/c1-3-28-20-21-19(26)18-15-8-4-5-9-16(15)23(13(2)25)17(24(18)22-20)11-10-14-7-6-12-27-14/h4-12,17H,3H2,1-2H3/b11-10+. The zero-order chi connectivity index (χ0) is 19.7. The second kappa shape index (κ2) is 7.47. The lowest BCUT2D eigenvalue weighted by Crippen LogP contribution is -2.57. The van der Waals surface area contributed by atoms with Crippen LogP contribution in [-0.2, 0) is 4.79 Å². The molecule has 0 fully saturated rings. The van der Waals surface area contributed by atoms with E-state index in [9.17, 15) is 9.90 Å². The highest BCUT2D eigenvalue weighted by atomic mass is 32.2. The maximum Gasteiger partial charge on any atom is 0.286 e. The van der Waals surface area contributed by atoms with Gasteiger partial charge in [0.2, 0.25) is 5.91 Å². The molecule has 0 aliphatic carbocycles. The van der Waals surface area contributed by atoms with E-state index in [1.54, 1.807) is 40.1 Å². The summed E-state index contributed by atoms with van der Waals surface area (Å²) < 4.78 is 6.95. The number of fused-ring (bicyclic) bond motifs is 3. The molecule has 1 aliphatic rings. The number of carbonyl (C=O) groups excluding carboxylic acids is 1. The van der Waals surface area contributed by atoms with Crippen LogP contribution >= 0.6 is 11.8 Å².